The molecule has 1 aliphatic rings. The zero-order valence-corrected chi connectivity index (χ0v) is 16.4. The number of aromatic nitrogens is 2. The van der Waals surface area contributed by atoms with Gasteiger partial charge in [0.15, 0.2) is 11.5 Å². The van der Waals surface area contributed by atoms with Gasteiger partial charge in [-0.1, -0.05) is 0 Å². The normalized spacial score (nSPS) is 15.6. The summed E-state index contributed by atoms with van der Waals surface area (Å²) >= 11 is 0. The highest BCUT2D eigenvalue weighted by atomic mass is 32.2. The molecule has 1 amide bonds. The van der Waals surface area contributed by atoms with Crippen molar-refractivity contribution in [1.82, 2.24) is 19.4 Å². The van der Waals surface area contributed by atoms with E-state index in [1.165, 1.54) is 16.4 Å². The molecule has 0 unspecified atom stereocenters. The van der Waals surface area contributed by atoms with Gasteiger partial charge in [-0.3, -0.25) is 9.89 Å². The first-order valence-corrected chi connectivity index (χ1v) is 10.5. The van der Waals surface area contributed by atoms with E-state index in [1.807, 2.05) is 13.0 Å². The number of nitrogens with one attached hydrogen (secondary N) is 1. The van der Waals surface area contributed by atoms with Gasteiger partial charge in [-0.15, -0.1) is 0 Å². The highest BCUT2D eigenvalue weighted by Crippen LogP contribution is 2.22. The van der Waals surface area contributed by atoms with Crippen LogP contribution >= 0.6 is 0 Å². The predicted molar refractivity (Wildman–Crippen MR) is 102 cm³/mol. The maximum atomic E-state index is 13.1. The molecule has 10 heteroatoms. The van der Waals surface area contributed by atoms with Crippen LogP contribution in [0.25, 0.3) is 11.5 Å². The summed E-state index contributed by atoms with van der Waals surface area (Å²) in [5, 5.41) is 6.84. The fourth-order valence-corrected chi connectivity index (χ4v) is 4.61. The predicted octanol–water partition coefficient (Wildman–Crippen LogP) is 2.26. The standard InChI is InChI=1S/C19H19FN4O4S/c1-13-2-7-18(28-13)16-12-17(22-21-16)19(25)23-8-10-24(11-9-23)29(26,27)15-5-3-14(20)4-6-15/h2-7,12H,8-11H2,1H3,(H,21,22). The van der Waals surface area contributed by atoms with Gasteiger partial charge in [-0.25, -0.2) is 12.8 Å². The Morgan fingerprint density at radius 3 is 2.41 bits per heavy atom. The lowest BCUT2D eigenvalue weighted by molar-refractivity contribution is 0.0692. The second kappa shape index (κ2) is 7.45. The molecule has 1 aromatic carbocycles. The molecule has 0 aliphatic carbocycles. The number of aryl methyl sites for hydroxylation is 1. The fourth-order valence-electron chi connectivity index (χ4n) is 3.19. The minimum absolute atomic E-state index is 0.0318. The zero-order valence-electron chi connectivity index (χ0n) is 15.6. The Morgan fingerprint density at radius 2 is 1.79 bits per heavy atom. The Bertz CT molecular complexity index is 1130. The number of hydrogen-bond donors (Lipinski definition) is 1. The molecule has 8 nitrogen and oxygen atoms in total. The summed E-state index contributed by atoms with van der Waals surface area (Å²) in [5.41, 5.74) is 0.836. The Morgan fingerprint density at radius 1 is 1.10 bits per heavy atom. The first kappa shape index (κ1) is 19.3. The van der Waals surface area contributed by atoms with E-state index in [0.717, 1.165) is 17.9 Å². The van der Waals surface area contributed by atoms with Crippen LogP contribution in [0.15, 0.2) is 51.8 Å². The molecule has 2 aromatic heterocycles. The third-order valence-electron chi connectivity index (χ3n) is 4.78. The van der Waals surface area contributed by atoms with Gasteiger partial charge >= 0.3 is 0 Å². The Balaban J connectivity index is 1.42. The van der Waals surface area contributed by atoms with Crippen molar-refractivity contribution in [3.05, 3.63) is 59.7 Å². The van der Waals surface area contributed by atoms with Crippen LogP contribution in [0, 0.1) is 12.7 Å². The van der Waals surface area contributed by atoms with Gasteiger partial charge in [-0.05, 0) is 43.3 Å². The van der Waals surface area contributed by atoms with Crippen LogP contribution in [0.4, 0.5) is 4.39 Å². The van der Waals surface area contributed by atoms with Crippen molar-refractivity contribution in [3.63, 3.8) is 0 Å². The van der Waals surface area contributed by atoms with Crippen molar-refractivity contribution < 1.29 is 22.0 Å². The number of halogens is 1. The topological polar surface area (TPSA) is 99.5 Å². The number of sulfonamides is 1. The number of nitrogens with zero attached hydrogens (tertiary/aromatic N) is 3. The van der Waals surface area contributed by atoms with Gasteiger partial charge in [0.1, 0.15) is 17.3 Å². The molecule has 1 N–H and O–H groups in total. The van der Waals surface area contributed by atoms with Crippen LogP contribution in [-0.2, 0) is 10.0 Å². The molecule has 0 spiro atoms. The number of carbonyl (C=O) groups is 1. The van der Waals surface area contributed by atoms with E-state index >= 15 is 0 Å². The number of hydrogen-bond acceptors (Lipinski definition) is 5. The number of amides is 1. The number of aromatic amines is 1. The number of rotatable bonds is 4. The number of benzene rings is 1. The molecule has 29 heavy (non-hydrogen) atoms. The van der Waals surface area contributed by atoms with E-state index < -0.39 is 15.8 Å². The van der Waals surface area contributed by atoms with Crippen LogP contribution < -0.4 is 0 Å². The second-order valence-corrected chi connectivity index (χ2v) is 8.67. The largest absolute Gasteiger partial charge is 0.460 e. The van der Waals surface area contributed by atoms with Crippen LogP contribution in [0.2, 0.25) is 0 Å². The number of carbonyl (C=O) groups excluding carboxylic acids is 1. The maximum absolute atomic E-state index is 13.1. The molecule has 0 radical (unpaired) electrons. The van der Waals surface area contributed by atoms with E-state index in [9.17, 15) is 17.6 Å². The first-order chi connectivity index (χ1) is 13.8. The summed E-state index contributed by atoms with van der Waals surface area (Å²) < 4.78 is 45.2. The number of H-pyrrole nitrogens is 1. The van der Waals surface area contributed by atoms with Crippen molar-refractivity contribution in [1.29, 1.82) is 0 Å². The lowest BCUT2D eigenvalue weighted by Gasteiger charge is -2.33. The van der Waals surface area contributed by atoms with Crippen LogP contribution in [0.3, 0.4) is 0 Å². The molecule has 3 aromatic rings. The monoisotopic (exact) mass is 418 g/mol. The molecule has 3 heterocycles. The lowest BCUT2D eigenvalue weighted by atomic mass is 10.2. The Labute approximate surface area is 167 Å². The smallest absolute Gasteiger partial charge is 0.274 e. The summed E-state index contributed by atoms with van der Waals surface area (Å²) in [6.45, 7) is 2.61. The SMILES string of the molecule is Cc1ccc(-c2cc(C(=O)N3CCN(S(=O)(=O)c4ccc(F)cc4)CC3)n[nH]2)o1. The van der Waals surface area contributed by atoms with Crippen LogP contribution in [-0.4, -0.2) is 59.9 Å². The average Bonchev–Trinajstić information content (AvgIpc) is 3.37. The lowest BCUT2D eigenvalue weighted by Crippen LogP contribution is -2.50. The number of piperazine rings is 1. The third-order valence-corrected chi connectivity index (χ3v) is 6.69. The van der Waals surface area contributed by atoms with E-state index in [-0.39, 0.29) is 42.7 Å². The van der Waals surface area contributed by atoms with Crippen molar-refractivity contribution in [3.8, 4) is 11.5 Å². The maximum Gasteiger partial charge on any atom is 0.274 e. The molecule has 0 bridgehead atoms. The third kappa shape index (κ3) is 3.81. The van der Waals surface area contributed by atoms with E-state index in [2.05, 4.69) is 10.2 Å². The Hall–Kier alpha value is -2.98. The zero-order chi connectivity index (χ0) is 20.6. The van der Waals surface area contributed by atoms with Crippen LogP contribution in [0.5, 0.6) is 0 Å². The van der Waals surface area contributed by atoms with Gasteiger partial charge in [0.25, 0.3) is 5.91 Å². The summed E-state index contributed by atoms with van der Waals surface area (Å²) in [4.78, 5) is 14.3. The molecule has 1 aliphatic heterocycles. The Kier molecular flexibility index (Phi) is 4.97. The van der Waals surface area contributed by atoms with E-state index in [4.69, 9.17) is 4.42 Å². The van der Waals surface area contributed by atoms with Crippen molar-refractivity contribution in [2.24, 2.45) is 0 Å². The van der Waals surface area contributed by atoms with E-state index in [1.54, 1.807) is 17.0 Å². The van der Waals surface area contributed by atoms with Crippen molar-refractivity contribution in [2.75, 3.05) is 26.2 Å². The summed E-state index contributed by atoms with van der Waals surface area (Å²) in [7, 11) is -3.73. The van der Waals surface area contributed by atoms with Gasteiger partial charge in [0, 0.05) is 32.2 Å². The fraction of sp³-hybridized carbons (Fsp3) is 0.263. The highest BCUT2D eigenvalue weighted by Gasteiger charge is 2.31. The summed E-state index contributed by atoms with van der Waals surface area (Å²) in [5.74, 6) is 0.558. The molecule has 0 saturated carbocycles. The van der Waals surface area contributed by atoms with Gasteiger partial charge < -0.3 is 9.32 Å². The summed E-state index contributed by atoms with van der Waals surface area (Å²) in [6.07, 6.45) is 0. The molecule has 152 valence electrons. The van der Waals surface area contributed by atoms with Crippen molar-refractivity contribution in [2.45, 2.75) is 11.8 Å². The van der Waals surface area contributed by atoms with Gasteiger partial charge in [0.05, 0.1) is 4.90 Å². The summed E-state index contributed by atoms with van der Waals surface area (Å²) in [6, 6.07) is 9.93. The first-order valence-electron chi connectivity index (χ1n) is 9.02. The van der Waals surface area contributed by atoms with Gasteiger partial charge in [0.2, 0.25) is 10.0 Å². The molecule has 1 fully saturated rings. The molecule has 1 saturated heterocycles. The second-order valence-electron chi connectivity index (χ2n) is 6.73. The molecular formula is C19H19FN4O4S. The molecule has 0 atom stereocenters. The average molecular weight is 418 g/mol. The van der Waals surface area contributed by atoms with Crippen molar-refractivity contribution >= 4 is 15.9 Å². The highest BCUT2D eigenvalue weighted by molar-refractivity contribution is 7.89. The minimum atomic E-state index is -3.73. The van der Waals surface area contributed by atoms with E-state index in [0.29, 0.717) is 11.5 Å². The van der Waals surface area contributed by atoms with Gasteiger partial charge in [-0.2, -0.15) is 9.40 Å². The molecular weight excluding hydrogens is 399 g/mol. The molecule has 4 rings (SSSR count). The quantitative estimate of drug-likeness (QED) is 0.701. The minimum Gasteiger partial charge on any atom is -0.460 e. The van der Waals surface area contributed by atoms with Crippen LogP contribution in [0.1, 0.15) is 16.2 Å². The number of furan rings is 1.